The third-order valence-corrected chi connectivity index (χ3v) is 7.61. The zero-order chi connectivity index (χ0) is 29.7. The molecule has 3 N–H and O–H groups in total. The van der Waals surface area contributed by atoms with Crippen LogP contribution in [0.2, 0.25) is 0 Å². The zero-order valence-electron chi connectivity index (χ0n) is 22.1. The number of sulfone groups is 1. The Hall–Kier alpha value is -3.79. The Labute approximate surface area is 233 Å². The van der Waals surface area contributed by atoms with Crippen LogP contribution in [0.25, 0.3) is 22.0 Å². The van der Waals surface area contributed by atoms with Crippen molar-refractivity contribution in [3.05, 3.63) is 82.8 Å². The first-order valence-corrected chi connectivity index (χ1v) is 14.7. The molecule has 0 spiro atoms. The Bertz CT molecular complexity index is 1820. The molecule has 0 radical (unpaired) electrons. The summed E-state index contributed by atoms with van der Waals surface area (Å²) in [6, 6.07) is 10.7. The van der Waals surface area contributed by atoms with Crippen molar-refractivity contribution in [2.45, 2.75) is 42.6 Å². The molecule has 1 aliphatic carbocycles. The third-order valence-electron chi connectivity index (χ3n) is 6.81. The average Bonchev–Trinajstić information content (AvgIpc) is 3.14. The number of rotatable bonds is 6. The molecule has 12 heteroatoms. The molecule has 5 rings (SSSR count). The molecule has 1 saturated carbocycles. The number of nitrogens with two attached hydrogens (primary N) is 1. The van der Waals surface area contributed by atoms with Gasteiger partial charge in [0.1, 0.15) is 22.9 Å². The molecule has 7 nitrogen and oxygen atoms in total. The normalized spacial score (nSPS) is 16.6. The number of alkyl halides is 2. The minimum absolute atomic E-state index is 0.00239. The van der Waals surface area contributed by atoms with Crippen molar-refractivity contribution in [2.75, 3.05) is 6.26 Å². The number of para-hydroxylation sites is 1. The van der Waals surface area contributed by atoms with E-state index >= 15 is 0 Å². The molecule has 0 saturated heterocycles. The Morgan fingerprint density at radius 1 is 1.10 bits per heavy atom. The number of halogens is 4. The molecule has 2 aromatic carbocycles. The van der Waals surface area contributed by atoms with Crippen LogP contribution in [-0.4, -0.2) is 46.1 Å². The molecule has 41 heavy (non-hydrogen) atoms. The van der Waals surface area contributed by atoms with Gasteiger partial charge in [-0.25, -0.2) is 31.0 Å². The van der Waals surface area contributed by atoms with Gasteiger partial charge >= 0.3 is 0 Å². The van der Waals surface area contributed by atoms with Gasteiger partial charge in [0.2, 0.25) is 0 Å². The molecule has 1 aliphatic rings. The molecule has 0 amide bonds. The highest BCUT2D eigenvalue weighted by Crippen LogP contribution is 2.45. The van der Waals surface area contributed by atoms with E-state index in [2.05, 4.69) is 21.9 Å². The topological polar surface area (TPSA) is 111 Å². The maximum absolute atomic E-state index is 13.9. The number of nitrogens with zero attached hydrogens (tertiary/aromatic N) is 3. The molecule has 4 aromatic rings. The van der Waals surface area contributed by atoms with Crippen molar-refractivity contribution in [3.8, 4) is 23.0 Å². The Kier molecular flexibility index (Phi) is 7.18. The van der Waals surface area contributed by atoms with E-state index in [1.54, 1.807) is 42.1 Å². The van der Waals surface area contributed by atoms with Gasteiger partial charge < -0.3 is 10.8 Å². The summed E-state index contributed by atoms with van der Waals surface area (Å²) in [4.78, 5) is 4.58. The van der Waals surface area contributed by atoms with Crippen molar-refractivity contribution >= 4 is 20.7 Å². The van der Waals surface area contributed by atoms with E-state index < -0.39 is 51.9 Å². The Balaban J connectivity index is 1.62. The fraction of sp³-hybridized carbons (Fsp3) is 0.310. The summed E-state index contributed by atoms with van der Waals surface area (Å²) in [5.41, 5.74) is 7.61. The van der Waals surface area contributed by atoms with Gasteiger partial charge in [-0.2, -0.15) is 5.10 Å². The summed E-state index contributed by atoms with van der Waals surface area (Å²) in [5.74, 6) is 0.363. The molecular weight excluding hydrogens is 560 g/mol. The smallest absolute Gasteiger partial charge is 0.255 e. The van der Waals surface area contributed by atoms with E-state index in [1.165, 1.54) is 0 Å². The first-order valence-electron chi connectivity index (χ1n) is 12.6. The number of benzene rings is 2. The molecule has 1 fully saturated rings. The van der Waals surface area contributed by atoms with E-state index in [4.69, 9.17) is 5.73 Å². The molecular formula is C29H26F4N4O3S. The van der Waals surface area contributed by atoms with Crippen LogP contribution in [0.4, 0.5) is 17.6 Å². The van der Waals surface area contributed by atoms with Crippen molar-refractivity contribution < 1.29 is 31.1 Å². The maximum Gasteiger partial charge on any atom is 0.255 e. The second-order valence-corrected chi connectivity index (χ2v) is 12.7. The summed E-state index contributed by atoms with van der Waals surface area (Å²) in [6.45, 7) is 0. The van der Waals surface area contributed by atoms with Crippen molar-refractivity contribution in [2.24, 2.45) is 12.8 Å². The first kappa shape index (κ1) is 28.7. The fourth-order valence-corrected chi connectivity index (χ4v) is 5.90. The van der Waals surface area contributed by atoms with Crippen molar-refractivity contribution in [1.29, 1.82) is 0 Å². The molecule has 0 aliphatic heterocycles. The largest absolute Gasteiger partial charge is 0.377 e. The summed E-state index contributed by atoms with van der Waals surface area (Å²) in [7, 11) is -1.70. The minimum Gasteiger partial charge on any atom is -0.377 e. The van der Waals surface area contributed by atoms with Crippen LogP contribution in [0.3, 0.4) is 0 Å². The van der Waals surface area contributed by atoms with Gasteiger partial charge in [-0.3, -0.25) is 4.68 Å². The highest BCUT2D eigenvalue weighted by molar-refractivity contribution is 7.89. The third kappa shape index (κ3) is 6.27. The number of aromatic nitrogens is 3. The van der Waals surface area contributed by atoms with E-state index in [-0.39, 0.29) is 17.9 Å². The van der Waals surface area contributed by atoms with Crippen LogP contribution in [-0.2, 0) is 29.1 Å². The van der Waals surface area contributed by atoms with Crippen LogP contribution < -0.4 is 5.73 Å². The number of pyridine rings is 1. The lowest BCUT2D eigenvalue weighted by atomic mass is 9.77. The van der Waals surface area contributed by atoms with Gasteiger partial charge in [0, 0.05) is 35.9 Å². The van der Waals surface area contributed by atoms with Crippen LogP contribution in [0.1, 0.15) is 41.5 Å². The summed E-state index contributed by atoms with van der Waals surface area (Å²) >= 11 is 0. The number of fused-ring (bicyclic) bond motifs is 1. The predicted octanol–water partition coefficient (Wildman–Crippen LogP) is 4.21. The van der Waals surface area contributed by atoms with Crippen LogP contribution in [0, 0.1) is 23.5 Å². The fourth-order valence-electron chi connectivity index (χ4n) is 5.19. The number of hydrogen-bond donors (Lipinski definition) is 2. The number of hydrogen-bond acceptors (Lipinski definition) is 6. The van der Waals surface area contributed by atoms with E-state index in [0.29, 0.717) is 39.0 Å². The number of aryl methyl sites for hydroxylation is 1. The summed E-state index contributed by atoms with van der Waals surface area (Å²) in [5, 5.41) is 15.3. The van der Waals surface area contributed by atoms with E-state index in [1.807, 2.05) is 0 Å². The molecule has 0 unspecified atom stereocenters. The van der Waals surface area contributed by atoms with Gasteiger partial charge in [-0.05, 0) is 42.2 Å². The first-order chi connectivity index (χ1) is 19.1. The highest BCUT2D eigenvalue weighted by Gasteiger charge is 2.55. The minimum atomic E-state index is -3.38. The lowest BCUT2D eigenvalue weighted by Crippen LogP contribution is -2.50. The second-order valence-electron chi connectivity index (χ2n) is 10.6. The van der Waals surface area contributed by atoms with Crippen molar-refractivity contribution in [3.63, 3.8) is 0 Å². The van der Waals surface area contributed by atoms with Gasteiger partial charge in [-0.15, -0.1) is 0 Å². The van der Waals surface area contributed by atoms with Crippen LogP contribution in [0.5, 0.6) is 0 Å². The maximum atomic E-state index is 13.9. The van der Waals surface area contributed by atoms with E-state index in [9.17, 15) is 31.1 Å². The quantitative estimate of drug-likeness (QED) is 0.259. The summed E-state index contributed by atoms with van der Waals surface area (Å²) < 4.78 is 80.0. The van der Waals surface area contributed by atoms with Crippen LogP contribution >= 0.6 is 0 Å². The Morgan fingerprint density at radius 2 is 1.78 bits per heavy atom. The van der Waals surface area contributed by atoms with E-state index in [0.717, 1.165) is 24.5 Å². The molecule has 1 atom stereocenters. The summed E-state index contributed by atoms with van der Waals surface area (Å²) in [6.07, 6.45) is -0.432. The lowest BCUT2D eigenvalue weighted by molar-refractivity contribution is -0.176. The monoisotopic (exact) mass is 586 g/mol. The van der Waals surface area contributed by atoms with Gasteiger partial charge in [-0.1, -0.05) is 24.1 Å². The molecule has 2 aromatic heterocycles. The van der Waals surface area contributed by atoms with Crippen LogP contribution in [0.15, 0.2) is 48.5 Å². The molecule has 2 heterocycles. The SMILES string of the molecule is Cn1nc(CS(C)(=O)=O)c2cccc(-c3ccc(C#CC4(O)CC(F)(F)C4)nc3[C@@H](N)Cc3cc(F)cc(F)c3)c21. The zero-order valence-corrected chi connectivity index (χ0v) is 22.9. The molecule has 0 bridgehead atoms. The van der Waals surface area contributed by atoms with Gasteiger partial charge in [0.05, 0.1) is 41.5 Å². The highest BCUT2D eigenvalue weighted by atomic mass is 32.2. The number of aliphatic hydroxyl groups is 1. The van der Waals surface area contributed by atoms with Gasteiger partial charge in [0.15, 0.2) is 9.84 Å². The molecule has 214 valence electrons. The van der Waals surface area contributed by atoms with Gasteiger partial charge in [0.25, 0.3) is 5.92 Å². The predicted molar refractivity (Wildman–Crippen MR) is 145 cm³/mol. The average molecular weight is 587 g/mol. The standard InChI is InChI=1S/C29H26F4N4O3S/c1-37-27-22(4-3-5-23(27)25(36-37)14-41(2,39)40)21-7-6-20(8-9-28(38)15-29(32,33)16-28)35-26(21)24(34)12-17-10-18(30)13-19(31)11-17/h3-7,10-11,13,24,38H,12,14-16,34H2,1-2H3/t24-/m0/s1. The Morgan fingerprint density at radius 3 is 2.41 bits per heavy atom. The second kappa shape index (κ2) is 10.2. The van der Waals surface area contributed by atoms with Crippen molar-refractivity contribution in [1.82, 2.24) is 14.8 Å². The lowest BCUT2D eigenvalue weighted by Gasteiger charge is -2.39.